The average molecular weight is 450 g/mol. The zero-order valence-electron chi connectivity index (χ0n) is 16.3. The van der Waals surface area contributed by atoms with E-state index in [1.165, 1.54) is 31.5 Å². The van der Waals surface area contributed by atoms with Crippen LogP contribution in [0.1, 0.15) is 15.9 Å². The number of carbonyl (C=O) groups excluding carboxylic acids is 1. The predicted octanol–water partition coefficient (Wildman–Crippen LogP) is 2.67. The Labute approximate surface area is 178 Å². The van der Waals surface area contributed by atoms with E-state index < -0.39 is 21.4 Å². The summed E-state index contributed by atoms with van der Waals surface area (Å²) in [5.41, 5.74) is 0.631. The smallest absolute Gasteiger partial charge is 0.261 e. The van der Waals surface area contributed by atoms with Crippen molar-refractivity contribution in [3.63, 3.8) is 0 Å². The number of aromatic nitrogens is 1. The summed E-state index contributed by atoms with van der Waals surface area (Å²) in [5.74, 6) is -0.573. The van der Waals surface area contributed by atoms with Crippen molar-refractivity contribution >= 4 is 44.1 Å². The number of amides is 1. The van der Waals surface area contributed by atoms with Gasteiger partial charge in [0.2, 0.25) is 5.43 Å². The lowest BCUT2D eigenvalue weighted by molar-refractivity contribution is 0.0936. The molecule has 3 aromatic rings. The quantitative estimate of drug-likeness (QED) is 0.479. The van der Waals surface area contributed by atoms with E-state index in [0.29, 0.717) is 28.4 Å². The van der Waals surface area contributed by atoms with E-state index in [1.807, 2.05) is 0 Å². The Morgan fingerprint density at radius 3 is 2.73 bits per heavy atom. The molecule has 10 heteroatoms. The molecule has 0 aliphatic carbocycles. The lowest BCUT2D eigenvalue weighted by atomic mass is 10.1. The number of nitrogens with one attached hydrogen (secondary N) is 3. The van der Waals surface area contributed by atoms with Gasteiger partial charge in [0.05, 0.1) is 17.2 Å². The SMILES string of the molecule is COCCNC(=O)c1c[nH]c2ccc(S(=O)(=O)Nc3cccc(Cl)c3C)cc2c1=O. The first kappa shape index (κ1) is 21.8. The number of benzene rings is 2. The van der Waals surface area contributed by atoms with E-state index in [2.05, 4.69) is 15.0 Å². The van der Waals surface area contributed by atoms with Crippen LogP contribution in [0.4, 0.5) is 5.69 Å². The van der Waals surface area contributed by atoms with Gasteiger partial charge in [-0.25, -0.2) is 8.42 Å². The molecular weight excluding hydrogens is 430 g/mol. The van der Waals surface area contributed by atoms with Gasteiger partial charge in [-0.1, -0.05) is 17.7 Å². The van der Waals surface area contributed by atoms with Crippen molar-refractivity contribution in [3.8, 4) is 0 Å². The first-order valence-corrected chi connectivity index (χ1v) is 10.8. The van der Waals surface area contributed by atoms with Gasteiger partial charge >= 0.3 is 0 Å². The molecule has 0 aliphatic heterocycles. The van der Waals surface area contributed by atoms with Crippen molar-refractivity contribution in [2.75, 3.05) is 25.0 Å². The molecule has 1 aromatic heterocycles. The van der Waals surface area contributed by atoms with Crippen LogP contribution in [0.5, 0.6) is 0 Å². The van der Waals surface area contributed by atoms with E-state index in [4.69, 9.17) is 16.3 Å². The first-order valence-electron chi connectivity index (χ1n) is 8.95. The Morgan fingerprint density at radius 1 is 1.23 bits per heavy atom. The maximum Gasteiger partial charge on any atom is 0.261 e. The van der Waals surface area contributed by atoms with Crippen molar-refractivity contribution in [1.29, 1.82) is 0 Å². The second-order valence-electron chi connectivity index (χ2n) is 6.51. The molecule has 8 nitrogen and oxygen atoms in total. The van der Waals surface area contributed by atoms with Crippen LogP contribution in [0.15, 0.2) is 52.3 Å². The molecule has 0 aliphatic rings. The number of rotatable bonds is 7. The summed E-state index contributed by atoms with van der Waals surface area (Å²) in [6.45, 7) is 2.23. The summed E-state index contributed by atoms with van der Waals surface area (Å²) in [5, 5.41) is 3.08. The third-order valence-electron chi connectivity index (χ3n) is 4.51. The van der Waals surface area contributed by atoms with Gasteiger partial charge in [0.15, 0.2) is 0 Å². The van der Waals surface area contributed by atoms with Gasteiger partial charge in [0, 0.05) is 35.8 Å². The molecule has 0 saturated carbocycles. The molecule has 0 saturated heterocycles. The fourth-order valence-corrected chi connectivity index (χ4v) is 4.14. The molecule has 30 heavy (non-hydrogen) atoms. The largest absolute Gasteiger partial charge is 0.383 e. The zero-order valence-corrected chi connectivity index (χ0v) is 17.9. The fraction of sp³-hybridized carbons (Fsp3) is 0.200. The van der Waals surface area contributed by atoms with Crippen LogP contribution in [-0.4, -0.2) is 39.6 Å². The molecule has 0 atom stereocenters. The Morgan fingerprint density at radius 2 is 2.00 bits per heavy atom. The fourth-order valence-electron chi connectivity index (χ4n) is 2.82. The van der Waals surface area contributed by atoms with E-state index in [9.17, 15) is 18.0 Å². The van der Waals surface area contributed by atoms with Crippen LogP contribution < -0.4 is 15.5 Å². The van der Waals surface area contributed by atoms with Crippen molar-refractivity contribution < 1.29 is 17.9 Å². The maximum absolute atomic E-state index is 12.9. The second kappa shape index (κ2) is 8.86. The van der Waals surface area contributed by atoms with Gasteiger partial charge in [-0.15, -0.1) is 0 Å². The summed E-state index contributed by atoms with van der Waals surface area (Å²) in [4.78, 5) is 27.8. The number of sulfonamides is 1. The predicted molar refractivity (Wildman–Crippen MR) is 116 cm³/mol. The van der Waals surface area contributed by atoms with Gasteiger partial charge in [0.25, 0.3) is 15.9 Å². The lowest BCUT2D eigenvalue weighted by Crippen LogP contribution is -2.31. The summed E-state index contributed by atoms with van der Waals surface area (Å²) in [6.07, 6.45) is 1.30. The zero-order chi connectivity index (χ0) is 21.9. The summed E-state index contributed by atoms with van der Waals surface area (Å²) in [6, 6.07) is 8.97. The van der Waals surface area contributed by atoms with E-state index >= 15 is 0 Å². The van der Waals surface area contributed by atoms with E-state index in [-0.39, 0.29) is 22.4 Å². The first-order chi connectivity index (χ1) is 14.2. The molecule has 3 N–H and O–H groups in total. The maximum atomic E-state index is 12.9. The molecule has 0 bridgehead atoms. The number of anilines is 1. The number of hydrogen-bond donors (Lipinski definition) is 3. The minimum Gasteiger partial charge on any atom is -0.383 e. The topological polar surface area (TPSA) is 117 Å². The normalized spacial score (nSPS) is 11.4. The molecule has 0 radical (unpaired) electrons. The molecule has 2 aromatic carbocycles. The number of hydrogen-bond acceptors (Lipinski definition) is 5. The highest BCUT2D eigenvalue weighted by atomic mass is 35.5. The molecule has 158 valence electrons. The summed E-state index contributed by atoms with van der Waals surface area (Å²) < 4.78 is 33.1. The van der Waals surface area contributed by atoms with E-state index in [1.54, 1.807) is 25.1 Å². The molecule has 1 heterocycles. The number of halogens is 1. The van der Waals surface area contributed by atoms with Crippen LogP contribution in [0.25, 0.3) is 10.9 Å². The minimum absolute atomic E-state index is 0.0834. The highest BCUT2D eigenvalue weighted by Crippen LogP contribution is 2.26. The van der Waals surface area contributed by atoms with Crippen LogP contribution in [0.2, 0.25) is 5.02 Å². The minimum atomic E-state index is -3.99. The number of ether oxygens (including phenoxy) is 1. The number of pyridine rings is 1. The van der Waals surface area contributed by atoms with Gasteiger partial charge in [-0.05, 0) is 42.8 Å². The van der Waals surface area contributed by atoms with Crippen LogP contribution in [-0.2, 0) is 14.8 Å². The number of carbonyl (C=O) groups is 1. The monoisotopic (exact) mass is 449 g/mol. The van der Waals surface area contributed by atoms with Gasteiger partial charge in [0.1, 0.15) is 5.56 Å². The molecule has 3 rings (SSSR count). The van der Waals surface area contributed by atoms with Gasteiger partial charge in [-0.3, -0.25) is 14.3 Å². The number of H-pyrrole nitrogens is 1. The van der Waals surface area contributed by atoms with Gasteiger partial charge < -0.3 is 15.0 Å². The van der Waals surface area contributed by atoms with E-state index in [0.717, 1.165) is 0 Å². The van der Waals surface area contributed by atoms with Crippen molar-refractivity contribution in [2.45, 2.75) is 11.8 Å². The number of methoxy groups -OCH3 is 1. The molecule has 0 fully saturated rings. The van der Waals surface area contributed by atoms with Crippen LogP contribution >= 0.6 is 11.6 Å². The van der Waals surface area contributed by atoms with Crippen molar-refractivity contribution in [3.05, 3.63) is 69.0 Å². The second-order valence-corrected chi connectivity index (χ2v) is 8.60. The highest BCUT2D eigenvalue weighted by molar-refractivity contribution is 7.92. The lowest BCUT2D eigenvalue weighted by Gasteiger charge is -2.12. The molecular formula is C20H20ClN3O5S. The molecule has 1 amide bonds. The summed E-state index contributed by atoms with van der Waals surface area (Å²) >= 11 is 6.05. The van der Waals surface area contributed by atoms with Crippen LogP contribution in [0.3, 0.4) is 0 Å². The van der Waals surface area contributed by atoms with Crippen molar-refractivity contribution in [2.24, 2.45) is 0 Å². The number of aromatic amines is 1. The van der Waals surface area contributed by atoms with Crippen molar-refractivity contribution in [1.82, 2.24) is 10.3 Å². The van der Waals surface area contributed by atoms with Gasteiger partial charge in [-0.2, -0.15) is 0 Å². The Bertz CT molecular complexity index is 1270. The standard InChI is InChI=1S/C20H20ClN3O5S/c1-12-16(21)4-3-5-17(12)24-30(27,28)13-6-7-18-14(10-13)19(25)15(11-23-18)20(26)22-8-9-29-2/h3-7,10-11,24H,8-9H2,1-2H3,(H,22,26)(H,23,25). The Kier molecular flexibility index (Phi) is 6.45. The Hall–Kier alpha value is -2.88. The Balaban J connectivity index is 1.99. The number of fused-ring (bicyclic) bond motifs is 1. The third kappa shape index (κ3) is 4.48. The molecule has 0 unspecified atom stereocenters. The average Bonchev–Trinajstić information content (AvgIpc) is 2.71. The highest BCUT2D eigenvalue weighted by Gasteiger charge is 2.19. The third-order valence-corrected chi connectivity index (χ3v) is 6.28. The van der Waals surface area contributed by atoms with Crippen LogP contribution in [0, 0.1) is 6.92 Å². The molecule has 0 spiro atoms. The summed E-state index contributed by atoms with van der Waals surface area (Å²) in [7, 11) is -2.49.